The van der Waals surface area contributed by atoms with Gasteiger partial charge in [0.2, 0.25) is 15.9 Å². The van der Waals surface area contributed by atoms with E-state index < -0.39 is 10.0 Å². The van der Waals surface area contributed by atoms with Crippen molar-refractivity contribution in [3.05, 3.63) is 35.4 Å². The van der Waals surface area contributed by atoms with Crippen LogP contribution in [0.15, 0.2) is 24.3 Å². The molecule has 1 amide bonds. The molecule has 0 aromatic heterocycles. The number of rotatable bonds is 7. The van der Waals surface area contributed by atoms with E-state index in [0.717, 1.165) is 31.2 Å². The second kappa shape index (κ2) is 9.85. The highest BCUT2D eigenvalue weighted by molar-refractivity contribution is 7.89. The lowest BCUT2D eigenvalue weighted by Crippen LogP contribution is -2.50. The minimum Gasteiger partial charge on any atom is -0.338 e. The Kier molecular flexibility index (Phi) is 7.48. The fraction of sp³-hybridized carbons (Fsp3) is 0.667. The summed E-state index contributed by atoms with van der Waals surface area (Å²) in [6.07, 6.45) is 5.73. The first-order valence-electron chi connectivity index (χ1n) is 10.5. The molecule has 1 aliphatic carbocycles. The van der Waals surface area contributed by atoms with Crippen LogP contribution in [0.5, 0.6) is 0 Å². The molecular weight excluding hydrogens is 374 g/mol. The van der Waals surface area contributed by atoms with E-state index in [-0.39, 0.29) is 17.7 Å². The van der Waals surface area contributed by atoms with Crippen molar-refractivity contribution in [2.45, 2.75) is 51.5 Å². The molecule has 7 heteroatoms. The van der Waals surface area contributed by atoms with Gasteiger partial charge >= 0.3 is 0 Å². The second-order valence-electron chi connectivity index (χ2n) is 8.01. The molecule has 0 unspecified atom stereocenters. The van der Waals surface area contributed by atoms with Gasteiger partial charge in [-0.1, -0.05) is 49.1 Å². The van der Waals surface area contributed by atoms with Gasteiger partial charge in [-0.3, -0.25) is 4.79 Å². The van der Waals surface area contributed by atoms with E-state index in [4.69, 9.17) is 0 Å². The van der Waals surface area contributed by atoms with Crippen LogP contribution in [0.2, 0.25) is 0 Å². The maximum absolute atomic E-state index is 13.1. The molecule has 1 heterocycles. The molecule has 1 aromatic rings. The van der Waals surface area contributed by atoms with E-state index in [1.165, 1.54) is 12.0 Å². The Morgan fingerprint density at radius 1 is 1.11 bits per heavy atom. The van der Waals surface area contributed by atoms with Gasteiger partial charge in [-0.2, -0.15) is 4.31 Å². The monoisotopic (exact) mass is 407 g/mol. The number of hydrogen-bond acceptors (Lipinski definition) is 4. The van der Waals surface area contributed by atoms with E-state index in [2.05, 4.69) is 5.32 Å². The predicted molar refractivity (Wildman–Crippen MR) is 112 cm³/mol. The summed E-state index contributed by atoms with van der Waals surface area (Å²) in [6, 6.07) is 8.18. The molecule has 1 aromatic carbocycles. The first-order valence-corrected chi connectivity index (χ1v) is 12.1. The van der Waals surface area contributed by atoms with Gasteiger partial charge in [0.1, 0.15) is 0 Å². The van der Waals surface area contributed by atoms with Crippen molar-refractivity contribution in [3.63, 3.8) is 0 Å². The minimum atomic E-state index is -3.33. The molecular formula is C21H33N3O3S. The Bertz CT molecular complexity index is 737. The maximum atomic E-state index is 13.1. The van der Waals surface area contributed by atoms with Crippen LogP contribution in [0.1, 0.15) is 43.2 Å². The van der Waals surface area contributed by atoms with Crippen molar-refractivity contribution in [3.8, 4) is 0 Å². The molecule has 1 saturated carbocycles. The number of hydrogen-bond donors (Lipinski definition) is 1. The SMILES string of the molecule is Cc1ccc(CC(=O)N(CCS(=O)(=O)N2CCNCC2)C2CCCCC2)cc1. The Morgan fingerprint density at radius 3 is 2.39 bits per heavy atom. The van der Waals surface area contributed by atoms with Gasteiger partial charge in [0.25, 0.3) is 0 Å². The summed E-state index contributed by atoms with van der Waals surface area (Å²) in [6.45, 7) is 4.74. The van der Waals surface area contributed by atoms with Gasteiger partial charge in [-0.15, -0.1) is 0 Å². The summed E-state index contributed by atoms with van der Waals surface area (Å²) < 4.78 is 27.1. The quantitative estimate of drug-likeness (QED) is 0.750. The summed E-state index contributed by atoms with van der Waals surface area (Å²) in [5.41, 5.74) is 2.16. The number of carbonyl (C=O) groups excluding carboxylic acids is 1. The van der Waals surface area contributed by atoms with Crippen molar-refractivity contribution < 1.29 is 13.2 Å². The largest absolute Gasteiger partial charge is 0.338 e. The van der Waals surface area contributed by atoms with Crippen LogP contribution < -0.4 is 5.32 Å². The average molecular weight is 408 g/mol. The van der Waals surface area contributed by atoms with Crippen molar-refractivity contribution >= 4 is 15.9 Å². The molecule has 0 bridgehead atoms. The smallest absolute Gasteiger partial charge is 0.227 e. The highest BCUT2D eigenvalue weighted by Crippen LogP contribution is 2.23. The number of nitrogens with zero attached hydrogens (tertiary/aromatic N) is 2. The third kappa shape index (κ3) is 5.78. The average Bonchev–Trinajstić information content (AvgIpc) is 2.71. The van der Waals surface area contributed by atoms with E-state index >= 15 is 0 Å². The fourth-order valence-corrected chi connectivity index (χ4v) is 5.58. The third-order valence-corrected chi connectivity index (χ3v) is 7.72. The number of sulfonamides is 1. The number of aryl methyl sites for hydroxylation is 1. The molecule has 2 aliphatic rings. The maximum Gasteiger partial charge on any atom is 0.227 e. The summed E-state index contributed by atoms with van der Waals surface area (Å²) >= 11 is 0. The van der Waals surface area contributed by atoms with Crippen molar-refractivity contribution in [1.82, 2.24) is 14.5 Å². The summed E-state index contributed by atoms with van der Waals surface area (Å²) in [5, 5.41) is 3.18. The molecule has 6 nitrogen and oxygen atoms in total. The molecule has 1 aliphatic heterocycles. The highest BCUT2D eigenvalue weighted by Gasteiger charge is 2.29. The topological polar surface area (TPSA) is 69.7 Å². The Hall–Kier alpha value is -1.44. The molecule has 1 saturated heterocycles. The molecule has 0 atom stereocenters. The number of benzene rings is 1. The fourth-order valence-electron chi connectivity index (χ4n) is 4.15. The van der Waals surface area contributed by atoms with Crippen molar-refractivity contribution in [1.29, 1.82) is 0 Å². The normalized spacial score (nSPS) is 19.5. The van der Waals surface area contributed by atoms with Crippen LogP contribution in [-0.4, -0.2) is 68.0 Å². The van der Waals surface area contributed by atoms with Gasteiger partial charge in [-0.25, -0.2) is 8.42 Å². The zero-order valence-corrected chi connectivity index (χ0v) is 17.7. The van der Waals surface area contributed by atoms with Gasteiger partial charge in [0.15, 0.2) is 0 Å². The molecule has 28 heavy (non-hydrogen) atoms. The van der Waals surface area contributed by atoms with E-state index in [1.807, 2.05) is 36.1 Å². The molecule has 2 fully saturated rings. The van der Waals surface area contributed by atoms with Crippen molar-refractivity contribution in [2.24, 2.45) is 0 Å². The van der Waals surface area contributed by atoms with Gasteiger partial charge < -0.3 is 10.2 Å². The van der Waals surface area contributed by atoms with Crippen LogP contribution in [0.4, 0.5) is 0 Å². The Morgan fingerprint density at radius 2 is 1.75 bits per heavy atom. The van der Waals surface area contributed by atoms with Crippen LogP contribution in [-0.2, 0) is 21.2 Å². The highest BCUT2D eigenvalue weighted by atomic mass is 32.2. The lowest BCUT2D eigenvalue weighted by Gasteiger charge is -2.35. The van der Waals surface area contributed by atoms with Crippen LogP contribution in [0.3, 0.4) is 0 Å². The van der Waals surface area contributed by atoms with E-state index in [1.54, 1.807) is 4.31 Å². The van der Waals surface area contributed by atoms with E-state index in [0.29, 0.717) is 39.1 Å². The molecule has 3 rings (SSSR count). The van der Waals surface area contributed by atoms with E-state index in [9.17, 15) is 13.2 Å². The number of piperazine rings is 1. The molecule has 1 N–H and O–H groups in total. The first-order chi connectivity index (χ1) is 13.5. The third-order valence-electron chi connectivity index (χ3n) is 5.87. The summed E-state index contributed by atoms with van der Waals surface area (Å²) in [7, 11) is -3.33. The number of amides is 1. The van der Waals surface area contributed by atoms with Gasteiger partial charge in [-0.05, 0) is 25.3 Å². The first kappa shape index (κ1) is 21.3. The predicted octanol–water partition coefficient (Wildman–Crippen LogP) is 1.93. The van der Waals surface area contributed by atoms with Crippen LogP contribution in [0.25, 0.3) is 0 Å². The molecule has 156 valence electrons. The van der Waals surface area contributed by atoms with Gasteiger partial charge in [0, 0.05) is 38.8 Å². The summed E-state index contributed by atoms with van der Waals surface area (Å²) in [5.74, 6) is 0.0645. The second-order valence-corrected chi connectivity index (χ2v) is 10.1. The number of carbonyl (C=O) groups is 1. The zero-order valence-electron chi connectivity index (χ0n) is 16.9. The lowest BCUT2D eigenvalue weighted by atomic mass is 9.93. The molecule has 0 radical (unpaired) electrons. The van der Waals surface area contributed by atoms with Crippen LogP contribution >= 0.6 is 0 Å². The van der Waals surface area contributed by atoms with Crippen LogP contribution in [0, 0.1) is 6.92 Å². The minimum absolute atomic E-state index is 0.0170. The lowest BCUT2D eigenvalue weighted by molar-refractivity contribution is -0.133. The summed E-state index contributed by atoms with van der Waals surface area (Å²) in [4.78, 5) is 15.0. The van der Waals surface area contributed by atoms with Crippen molar-refractivity contribution in [2.75, 3.05) is 38.5 Å². The molecule has 0 spiro atoms. The zero-order chi connectivity index (χ0) is 20.0. The standard InChI is InChI=1S/C21H33N3O3S/c1-18-7-9-19(10-8-18)17-21(25)24(20-5-3-2-4-6-20)15-16-28(26,27)23-13-11-22-12-14-23/h7-10,20,22H,2-6,11-17H2,1H3. The Balaban J connectivity index is 1.67. The number of nitrogens with one attached hydrogen (secondary N) is 1. The Labute approximate surface area is 169 Å². The van der Waals surface area contributed by atoms with Gasteiger partial charge in [0.05, 0.1) is 12.2 Å².